The SMILES string of the molecule is N=C=C(C(=O)Nc1cc(C(F)(F)F)cc(C(F)(F)F)c1)[N+](=O)[O-]. The van der Waals surface area contributed by atoms with Crippen LogP contribution in [0.2, 0.25) is 0 Å². The summed E-state index contributed by atoms with van der Waals surface area (Å²) >= 11 is 0. The average molecular weight is 341 g/mol. The third kappa shape index (κ3) is 4.54. The zero-order chi connectivity index (χ0) is 18.0. The van der Waals surface area contributed by atoms with Crippen LogP contribution in [0.1, 0.15) is 11.1 Å². The molecule has 0 aromatic heterocycles. The van der Waals surface area contributed by atoms with Gasteiger partial charge in [0.25, 0.3) is 0 Å². The van der Waals surface area contributed by atoms with Crippen molar-refractivity contribution < 1.29 is 36.1 Å². The van der Waals surface area contributed by atoms with Crippen molar-refractivity contribution in [2.75, 3.05) is 5.32 Å². The minimum Gasteiger partial charge on any atom is -0.316 e. The Hall–Kier alpha value is -2.88. The number of carbonyl (C=O) groups is 1. The van der Waals surface area contributed by atoms with E-state index in [1.807, 2.05) is 0 Å². The highest BCUT2D eigenvalue weighted by molar-refractivity contribution is 6.07. The van der Waals surface area contributed by atoms with Gasteiger partial charge in [-0.25, -0.2) is 0 Å². The zero-order valence-electron chi connectivity index (χ0n) is 10.7. The van der Waals surface area contributed by atoms with E-state index in [2.05, 4.69) is 0 Å². The van der Waals surface area contributed by atoms with Gasteiger partial charge in [0, 0.05) is 5.69 Å². The van der Waals surface area contributed by atoms with Crippen molar-refractivity contribution >= 4 is 17.5 Å². The lowest BCUT2D eigenvalue weighted by Crippen LogP contribution is -2.21. The van der Waals surface area contributed by atoms with Crippen LogP contribution in [0, 0.1) is 15.5 Å². The first kappa shape index (κ1) is 18.2. The number of amides is 1. The molecule has 1 aromatic carbocycles. The molecule has 0 unspecified atom stereocenters. The number of nitrogens with one attached hydrogen (secondary N) is 2. The van der Waals surface area contributed by atoms with Crippen LogP contribution in [0.5, 0.6) is 0 Å². The lowest BCUT2D eigenvalue weighted by Gasteiger charge is -2.14. The lowest BCUT2D eigenvalue weighted by molar-refractivity contribution is -0.415. The Labute approximate surface area is 123 Å². The summed E-state index contributed by atoms with van der Waals surface area (Å²) in [5.74, 6) is -0.561. The summed E-state index contributed by atoms with van der Waals surface area (Å²) in [6.07, 6.45) is -10.3. The fourth-order valence-corrected chi connectivity index (χ4v) is 1.40. The predicted octanol–water partition coefficient (Wildman–Crippen LogP) is 3.07. The minimum absolute atomic E-state index is 0.170. The Morgan fingerprint density at radius 3 is 1.83 bits per heavy atom. The number of hydrogen-bond acceptors (Lipinski definition) is 4. The van der Waals surface area contributed by atoms with Crippen molar-refractivity contribution in [2.45, 2.75) is 12.4 Å². The number of rotatable bonds is 3. The molecule has 0 spiro atoms. The summed E-state index contributed by atoms with van der Waals surface area (Å²) < 4.78 is 75.5. The topological polar surface area (TPSA) is 96.1 Å². The second-order valence-electron chi connectivity index (χ2n) is 3.98. The standard InChI is InChI=1S/C11H5F6N3O3/c12-10(13,14)5-1-6(11(15,16)17)3-7(2-5)19-9(21)8(4-18)20(22)23/h1-3,18H,(H,19,21). The maximum atomic E-state index is 12.6. The van der Waals surface area contributed by atoms with Crippen LogP contribution in [-0.2, 0) is 17.1 Å². The van der Waals surface area contributed by atoms with Crippen LogP contribution in [0.3, 0.4) is 0 Å². The molecule has 0 bridgehead atoms. The Morgan fingerprint density at radius 1 is 1.09 bits per heavy atom. The van der Waals surface area contributed by atoms with Crippen molar-refractivity contribution in [2.24, 2.45) is 0 Å². The first-order valence-corrected chi connectivity index (χ1v) is 5.41. The minimum atomic E-state index is -5.13. The summed E-state index contributed by atoms with van der Waals surface area (Å²) in [5.41, 5.74) is -5.85. The van der Waals surface area contributed by atoms with E-state index < -0.39 is 45.7 Å². The van der Waals surface area contributed by atoms with E-state index in [1.165, 1.54) is 5.32 Å². The third-order valence-corrected chi connectivity index (χ3v) is 2.36. The molecular weight excluding hydrogens is 336 g/mol. The van der Waals surface area contributed by atoms with Crippen LogP contribution >= 0.6 is 0 Å². The number of carbonyl (C=O) groups excluding carboxylic acids is 1. The van der Waals surface area contributed by atoms with Gasteiger partial charge in [0.2, 0.25) is 0 Å². The number of nitro groups is 1. The molecule has 124 valence electrons. The molecule has 1 rings (SSSR count). The molecule has 0 saturated carbocycles. The third-order valence-electron chi connectivity index (χ3n) is 2.36. The van der Waals surface area contributed by atoms with Gasteiger partial charge < -0.3 is 5.32 Å². The molecule has 23 heavy (non-hydrogen) atoms. The van der Waals surface area contributed by atoms with E-state index in [1.54, 1.807) is 0 Å². The number of alkyl halides is 6. The summed E-state index contributed by atoms with van der Waals surface area (Å²) in [5, 5.41) is 18.4. The van der Waals surface area contributed by atoms with Gasteiger partial charge >= 0.3 is 24.0 Å². The molecule has 1 aromatic rings. The normalized spacial score (nSPS) is 11.6. The molecule has 0 heterocycles. The Morgan fingerprint density at radius 2 is 1.52 bits per heavy atom. The highest BCUT2D eigenvalue weighted by atomic mass is 19.4. The van der Waals surface area contributed by atoms with Gasteiger partial charge in [0.15, 0.2) is 0 Å². The van der Waals surface area contributed by atoms with Crippen molar-refractivity contribution in [1.29, 1.82) is 5.41 Å². The molecule has 0 aliphatic heterocycles. The molecule has 0 fully saturated rings. The molecule has 6 nitrogen and oxygen atoms in total. The summed E-state index contributed by atoms with van der Waals surface area (Å²) in [7, 11) is 0. The summed E-state index contributed by atoms with van der Waals surface area (Å²) in [4.78, 5) is 20.4. The molecule has 0 saturated heterocycles. The van der Waals surface area contributed by atoms with Gasteiger partial charge in [-0.1, -0.05) is 0 Å². The fourth-order valence-electron chi connectivity index (χ4n) is 1.40. The molecule has 0 aliphatic carbocycles. The Bertz CT molecular complexity index is 672. The number of nitrogens with zero attached hydrogens (tertiary/aromatic N) is 1. The van der Waals surface area contributed by atoms with E-state index in [9.17, 15) is 41.3 Å². The van der Waals surface area contributed by atoms with Crippen molar-refractivity contribution in [3.63, 3.8) is 0 Å². The van der Waals surface area contributed by atoms with E-state index >= 15 is 0 Å². The summed E-state index contributed by atoms with van der Waals surface area (Å²) in [6, 6.07) is 0.180. The lowest BCUT2D eigenvalue weighted by atomic mass is 10.1. The summed E-state index contributed by atoms with van der Waals surface area (Å²) in [6.45, 7) is 0. The highest BCUT2D eigenvalue weighted by Crippen LogP contribution is 2.37. The maximum absolute atomic E-state index is 12.6. The van der Waals surface area contributed by atoms with Crippen molar-refractivity contribution in [1.82, 2.24) is 0 Å². The quantitative estimate of drug-likeness (QED) is 0.291. The monoisotopic (exact) mass is 341 g/mol. The Balaban J connectivity index is 3.34. The van der Waals surface area contributed by atoms with Crippen LogP contribution in [0.25, 0.3) is 0 Å². The number of halogens is 6. The molecular formula is C11H5F6N3O3. The van der Waals surface area contributed by atoms with E-state index in [4.69, 9.17) is 5.41 Å². The van der Waals surface area contributed by atoms with E-state index in [-0.39, 0.29) is 18.2 Å². The second kappa shape index (κ2) is 6.08. The van der Waals surface area contributed by atoms with Crippen molar-refractivity contribution in [3.8, 4) is 0 Å². The largest absolute Gasteiger partial charge is 0.416 e. The van der Waals surface area contributed by atoms with Crippen LogP contribution in [0.15, 0.2) is 23.9 Å². The second-order valence-corrected chi connectivity index (χ2v) is 3.98. The fraction of sp³-hybridized carbons (Fsp3) is 0.182. The van der Waals surface area contributed by atoms with Crippen LogP contribution in [0.4, 0.5) is 32.0 Å². The van der Waals surface area contributed by atoms with Gasteiger partial charge in [0.05, 0.1) is 21.9 Å². The molecule has 1 amide bonds. The molecule has 0 aliphatic rings. The van der Waals surface area contributed by atoms with Gasteiger partial charge in [-0.15, -0.1) is 0 Å². The van der Waals surface area contributed by atoms with E-state index in [0.29, 0.717) is 0 Å². The van der Waals surface area contributed by atoms with Crippen LogP contribution in [-0.4, -0.2) is 16.7 Å². The van der Waals surface area contributed by atoms with Crippen LogP contribution < -0.4 is 5.32 Å². The average Bonchev–Trinajstić information content (AvgIpc) is 2.36. The molecule has 0 radical (unpaired) electrons. The van der Waals surface area contributed by atoms with Gasteiger partial charge in [-0.3, -0.25) is 20.3 Å². The first-order valence-electron chi connectivity index (χ1n) is 5.41. The number of hydrogen-bond donors (Lipinski definition) is 2. The number of anilines is 1. The van der Waals surface area contributed by atoms with Crippen molar-refractivity contribution in [3.05, 3.63) is 45.1 Å². The van der Waals surface area contributed by atoms with Gasteiger partial charge in [0.1, 0.15) is 0 Å². The predicted molar refractivity (Wildman–Crippen MR) is 63.3 cm³/mol. The molecule has 0 atom stereocenters. The smallest absolute Gasteiger partial charge is 0.316 e. The Kier molecular flexibility index (Phi) is 4.81. The zero-order valence-corrected chi connectivity index (χ0v) is 10.7. The van der Waals surface area contributed by atoms with Gasteiger partial charge in [-0.05, 0) is 18.2 Å². The van der Waals surface area contributed by atoms with E-state index in [0.717, 1.165) is 5.87 Å². The molecule has 12 heteroatoms. The first-order chi connectivity index (χ1) is 10.4. The van der Waals surface area contributed by atoms with Gasteiger partial charge in [-0.2, -0.15) is 26.3 Å². The molecule has 2 N–H and O–H groups in total. The maximum Gasteiger partial charge on any atom is 0.416 e. The number of benzene rings is 1. The highest BCUT2D eigenvalue weighted by Gasteiger charge is 2.37.